The second kappa shape index (κ2) is 7.80. The molecule has 1 aromatic carbocycles. The fourth-order valence-electron chi connectivity index (χ4n) is 3.19. The summed E-state index contributed by atoms with van der Waals surface area (Å²) in [6.45, 7) is 6.53. The average molecular weight is 275 g/mol. The van der Waals surface area contributed by atoms with Gasteiger partial charge < -0.3 is 10.1 Å². The number of hydrogen-bond donors (Lipinski definition) is 1. The second-order valence-corrected chi connectivity index (χ2v) is 5.97. The van der Waals surface area contributed by atoms with Gasteiger partial charge in [0.2, 0.25) is 0 Å². The topological polar surface area (TPSA) is 21.3 Å². The second-order valence-electron chi connectivity index (χ2n) is 5.97. The normalized spacial score (nSPS) is 21.8. The van der Waals surface area contributed by atoms with Gasteiger partial charge in [-0.1, -0.05) is 44.2 Å². The highest BCUT2D eigenvalue weighted by atomic mass is 16.5. The number of benzene rings is 1. The van der Waals surface area contributed by atoms with E-state index in [1.54, 1.807) is 0 Å². The van der Waals surface area contributed by atoms with Gasteiger partial charge in [-0.15, -0.1) is 0 Å². The molecule has 0 bridgehead atoms. The summed E-state index contributed by atoms with van der Waals surface area (Å²) in [7, 11) is 0. The SMILES string of the molecule is CCC1(CC)CC(NCCCc2ccccc2)CCO1. The van der Waals surface area contributed by atoms with Crippen LogP contribution in [0.3, 0.4) is 0 Å². The van der Waals surface area contributed by atoms with Crippen molar-refractivity contribution in [1.29, 1.82) is 0 Å². The molecule has 1 atom stereocenters. The summed E-state index contributed by atoms with van der Waals surface area (Å²) >= 11 is 0. The largest absolute Gasteiger partial charge is 0.375 e. The van der Waals surface area contributed by atoms with Gasteiger partial charge in [0.25, 0.3) is 0 Å². The molecule has 112 valence electrons. The minimum atomic E-state index is 0.134. The quantitative estimate of drug-likeness (QED) is 0.761. The summed E-state index contributed by atoms with van der Waals surface area (Å²) in [4.78, 5) is 0. The Kier molecular flexibility index (Phi) is 6.06. The third kappa shape index (κ3) is 4.32. The first-order valence-electron chi connectivity index (χ1n) is 8.19. The van der Waals surface area contributed by atoms with Crippen LogP contribution in [-0.4, -0.2) is 24.8 Å². The number of rotatable bonds is 7. The van der Waals surface area contributed by atoms with Crippen LogP contribution >= 0.6 is 0 Å². The van der Waals surface area contributed by atoms with Gasteiger partial charge in [-0.25, -0.2) is 0 Å². The molecule has 0 saturated carbocycles. The predicted molar refractivity (Wildman–Crippen MR) is 85.1 cm³/mol. The van der Waals surface area contributed by atoms with Crippen LogP contribution < -0.4 is 5.32 Å². The van der Waals surface area contributed by atoms with Crippen molar-refractivity contribution in [3.8, 4) is 0 Å². The first kappa shape index (κ1) is 15.5. The molecule has 1 N–H and O–H groups in total. The monoisotopic (exact) mass is 275 g/mol. The summed E-state index contributed by atoms with van der Waals surface area (Å²) in [6.07, 6.45) is 6.98. The van der Waals surface area contributed by atoms with Crippen molar-refractivity contribution < 1.29 is 4.74 Å². The van der Waals surface area contributed by atoms with Crippen molar-refractivity contribution in [2.24, 2.45) is 0 Å². The average Bonchev–Trinajstić information content (AvgIpc) is 2.53. The molecule has 1 aliphatic rings. The van der Waals surface area contributed by atoms with E-state index < -0.39 is 0 Å². The molecule has 0 spiro atoms. The predicted octanol–water partition coefficient (Wildman–Crippen LogP) is 3.95. The maximum absolute atomic E-state index is 6.03. The number of aryl methyl sites for hydroxylation is 1. The highest BCUT2D eigenvalue weighted by Gasteiger charge is 2.33. The van der Waals surface area contributed by atoms with E-state index in [-0.39, 0.29) is 5.60 Å². The molecule has 0 aliphatic carbocycles. The highest BCUT2D eigenvalue weighted by Crippen LogP contribution is 2.31. The molecule has 2 heteroatoms. The Labute approximate surface area is 123 Å². The number of nitrogens with one attached hydrogen (secondary N) is 1. The molecule has 2 nitrogen and oxygen atoms in total. The molecular weight excluding hydrogens is 246 g/mol. The molecule has 1 saturated heterocycles. The van der Waals surface area contributed by atoms with Crippen LogP contribution in [-0.2, 0) is 11.2 Å². The van der Waals surface area contributed by atoms with Crippen molar-refractivity contribution in [3.05, 3.63) is 35.9 Å². The zero-order chi connectivity index (χ0) is 14.3. The molecule has 2 rings (SSSR count). The van der Waals surface area contributed by atoms with Crippen LogP contribution in [0.4, 0.5) is 0 Å². The van der Waals surface area contributed by atoms with Crippen molar-refractivity contribution in [3.63, 3.8) is 0 Å². The smallest absolute Gasteiger partial charge is 0.0692 e. The van der Waals surface area contributed by atoms with Gasteiger partial charge >= 0.3 is 0 Å². The maximum atomic E-state index is 6.03. The van der Waals surface area contributed by atoms with Crippen molar-refractivity contribution >= 4 is 0 Å². The molecule has 1 fully saturated rings. The Balaban J connectivity index is 1.69. The van der Waals surface area contributed by atoms with Gasteiger partial charge in [-0.3, -0.25) is 0 Å². The molecule has 0 aromatic heterocycles. The Morgan fingerprint density at radius 2 is 1.95 bits per heavy atom. The van der Waals surface area contributed by atoms with Gasteiger partial charge in [0.1, 0.15) is 0 Å². The van der Waals surface area contributed by atoms with Crippen LogP contribution in [0.15, 0.2) is 30.3 Å². The fourth-order valence-corrected chi connectivity index (χ4v) is 3.19. The molecular formula is C18H29NO. The van der Waals surface area contributed by atoms with E-state index in [4.69, 9.17) is 4.74 Å². The van der Waals surface area contributed by atoms with E-state index in [9.17, 15) is 0 Å². The Morgan fingerprint density at radius 3 is 2.65 bits per heavy atom. The van der Waals surface area contributed by atoms with Crippen LogP contribution in [0.1, 0.15) is 51.5 Å². The molecule has 1 heterocycles. The lowest BCUT2D eigenvalue weighted by atomic mass is 9.86. The van der Waals surface area contributed by atoms with E-state index in [2.05, 4.69) is 49.5 Å². The van der Waals surface area contributed by atoms with Crippen LogP contribution in [0.5, 0.6) is 0 Å². The Hall–Kier alpha value is -0.860. The minimum Gasteiger partial charge on any atom is -0.375 e. The fraction of sp³-hybridized carbons (Fsp3) is 0.667. The number of ether oxygens (including phenoxy) is 1. The Bertz CT molecular complexity index is 372. The summed E-state index contributed by atoms with van der Waals surface area (Å²) in [5.74, 6) is 0. The minimum absolute atomic E-state index is 0.134. The van der Waals surface area contributed by atoms with E-state index in [1.807, 2.05) is 0 Å². The highest BCUT2D eigenvalue weighted by molar-refractivity contribution is 5.14. The first-order chi connectivity index (χ1) is 9.78. The van der Waals surface area contributed by atoms with Crippen molar-refractivity contribution in [2.45, 2.75) is 64.0 Å². The molecule has 1 aliphatic heterocycles. The third-order valence-corrected chi connectivity index (χ3v) is 4.70. The standard InChI is InChI=1S/C18H29NO/c1-3-18(4-2)15-17(12-14-20-18)19-13-8-11-16-9-6-5-7-10-16/h5-7,9-10,17,19H,3-4,8,11-15H2,1-2H3. The molecule has 0 amide bonds. The number of hydrogen-bond acceptors (Lipinski definition) is 2. The first-order valence-corrected chi connectivity index (χ1v) is 8.19. The third-order valence-electron chi connectivity index (χ3n) is 4.70. The molecule has 20 heavy (non-hydrogen) atoms. The van der Waals surface area contributed by atoms with Crippen molar-refractivity contribution in [1.82, 2.24) is 5.32 Å². The Morgan fingerprint density at radius 1 is 1.20 bits per heavy atom. The van der Waals surface area contributed by atoms with E-state index >= 15 is 0 Å². The van der Waals surface area contributed by atoms with Gasteiger partial charge in [0.15, 0.2) is 0 Å². The molecule has 1 aromatic rings. The lowest BCUT2D eigenvalue weighted by Crippen LogP contribution is -2.46. The van der Waals surface area contributed by atoms with Gasteiger partial charge in [-0.2, -0.15) is 0 Å². The summed E-state index contributed by atoms with van der Waals surface area (Å²) in [5, 5.41) is 3.74. The zero-order valence-corrected chi connectivity index (χ0v) is 13.0. The zero-order valence-electron chi connectivity index (χ0n) is 13.0. The van der Waals surface area contributed by atoms with Crippen LogP contribution in [0.25, 0.3) is 0 Å². The maximum Gasteiger partial charge on any atom is 0.0692 e. The lowest BCUT2D eigenvalue weighted by Gasteiger charge is -2.40. The van der Waals surface area contributed by atoms with Gasteiger partial charge in [0, 0.05) is 12.6 Å². The van der Waals surface area contributed by atoms with E-state index in [0.717, 1.165) is 32.4 Å². The molecule has 1 unspecified atom stereocenters. The van der Waals surface area contributed by atoms with Gasteiger partial charge in [-0.05, 0) is 50.6 Å². The van der Waals surface area contributed by atoms with Crippen LogP contribution in [0.2, 0.25) is 0 Å². The summed E-state index contributed by atoms with van der Waals surface area (Å²) in [5.41, 5.74) is 1.58. The molecule has 0 radical (unpaired) electrons. The summed E-state index contributed by atoms with van der Waals surface area (Å²) < 4.78 is 6.03. The van der Waals surface area contributed by atoms with Crippen molar-refractivity contribution in [2.75, 3.05) is 13.2 Å². The van der Waals surface area contributed by atoms with E-state index in [1.165, 1.54) is 24.8 Å². The lowest BCUT2D eigenvalue weighted by molar-refractivity contribution is -0.0929. The van der Waals surface area contributed by atoms with E-state index in [0.29, 0.717) is 6.04 Å². The van der Waals surface area contributed by atoms with Gasteiger partial charge in [0.05, 0.1) is 5.60 Å². The summed E-state index contributed by atoms with van der Waals surface area (Å²) in [6, 6.07) is 11.4. The van der Waals surface area contributed by atoms with Crippen LogP contribution in [0, 0.1) is 0 Å².